The molecule has 0 unspecified atom stereocenters. The van der Waals surface area contributed by atoms with Crippen molar-refractivity contribution in [3.05, 3.63) is 89.4 Å². The van der Waals surface area contributed by atoms with Gasteiger partial charge in [-0.3, -0.25) is 0 Å². The Balaban J connectivity index is 1.94. The molecule has 4 rings (SSSR count). The summed E-state index contributed by atoms with van der Waals surface area (Å²) >= 11 is 6.07. The minimum absolute atomic E-state index is 0.0209. The fourth-order valence-corrected chi connectivity index (χ4v) is 4.50. The molecule has 0 radical (unpaired) electrons. The van der Waals surface area contributed by atoms with Gasteiger partial charge in [0.05, 0.1) is 16.8 Å². The molecular formula is C21H15ClN2O2S. The minimum atomic E-state index is -3.70. The molecule has 0 bridgehead atoms. The Hall–Kier alpha value is -2.76. The highest BCUT2D eigenvalue weighted by atomic mass is 35.5. The fraction of sp³-hybridized carbons (Fsp3) is 0.0476. The molecule has 134 valence electrons. The van der Waals surface area contributed by atoms with E-state index in [2.05, 4.69) is 9.97 Å². The van der Waals surface area contributed by atoms with Crippen molar-refractivity contribution in [2.75, 3.05) is 0 Å². The van der Waals surface area contributed by atoms with E-state index in [1.54, 1.807) is 30.3 Å². The van der Waals surface area contributed by atoms with Crippen molar-refractivity contribution < 1.29 is 8.42 Å². The van der Waals surface area contributed by atoms with Gasteiger partial charge in [-0.25, -0.2) is 18.4 Å². The summed E-state index contributed by atoms with van der Waals surface area (Å²) in [5, 5.41) is 0.503. The summed E-state index contributed by atoms with van der Waals surface area (Å²) in [6, 6.07) is 23.3. The SMILES string of the molecule is O=S(=O)(Cc1ccccc1)c1nc2ccc(Cl)cc2nc1-c1ccccc1. The van der Waals surface area contributed by atoms with Crippen LogP contribution in [-0.2, 0) is 15.6 Å². The van der Waals surface area contributed by atoms with Crippen LogP contribution in [0.3, 0.4) is 0 Å². The van der Waals surface area contributed by atoms with Crippen LogP contribution in [0.15, 0.2) is 83.9 Å². The molecule has 0 spiro atoms. The number of nitrogens with zero attached hydrogens (tertiary/aromatic N) is 2. The third-order valence-electron chi connectivity index (χ3n) is 4.14. The number of hydrogen-bond donors (Lipinski definition) is 0. The molecule has 0 amide bonds. The van der Waals surface area contributed by atoms with E-state index in [1.165, 1.54) is 0 Å². The lowest BCUT2D eigenvalue weighted by molar-refractivity contribution is 0.592. The normalized spacial score (nSPS) is 11.6. The maximum Gasteiger partial charge on any atom is 0.201 e. The largest absolute Gasteiger partial charge is 0.243 e. The lowest BCUT2D eigenvalue weighted by Gasteiger charge is -2.11. The second kappa shape index (κ2) is 7.10. The molecule has 0 saturated heterocycles. The van der Waals surface area contributed by atoms with Crippen molar-refractivity contribution in [1.82, 2.24) is 9.97 Å². The van der Waals surface area contributed by atoms with E-state index in [4.69, 9.17) is 11.6 Å². The van der Waals surface area contributed by atoms with Crippen LogP contribution in [0.1, 0.15) is 5.56 Å². The Morgan fingerprint density at radius 2 is 1.44 bits per heavy atom. The second-order valence-electron chi connectivity index (χ2n) is 6.12. The molecule has 0 N–H and O–H groups in total. The molecule has 0 aliphatic rings. The number of halogens is 1. The molecule has 4 nitrogen and oxygen atoms in total. The Labute approximate surface area is 162 Å². The predicted octanol–water partition coefficient (Wildman–Crippen LogP) is 4.92. The zero-order chi connectivity index (χ0) is 18.9. The second-order valence-corrected chi connectivity index (χ2v) is 8.46. The van der Waals surface area contributed by atoms with Gasteiger partial charge in [0.15, 0.2) is 5.03 Å². The first kappa shape index (κ1) is 17.6. The molecule has 27 heavy (non-hydrogen) atoms. The Morgan fingerprint density at radius 3 is 2.15 bits per heavy atom. The van der Waals surface area contributed by atoms with Crippen LogP contribution in [0.25, 0.3) is 22.3 Å². The van der Waals surface area contributed by atoms with E-state index in [9.17, 15) is 8.42 Å². The summed E-state index contributed by atoms with van der Waals surface area (Å²) < 4.78 is 26.4. The fourth-order valence-electron chi connectivity index (χ4n) is 2.87. The van der Waals surface area contributed by atoms with Crippen molar-refractivity contribution in [2.24, 2.45) is 0 Å². The highest BCUT2D eigenvalue weighted by Gasteiger charge is 2.24. The standard InChI is InChI=1S/C21H15ClN2O2S/c22-17-11-12-18-19(13-17)23-20(16-9-5-2-6-10-16)21(24-18)27(25,26)14-15-7-3-1-4-8-15/h1-13H,14H2. The lowest BCUT2D eigenvalue weighted by Crippen LogP contribution is -2.10. The quantitative estimate of drug-likeness (QED) is 0.492. The summed E-state index contributed by atoms with van der Waals surface area (Å²) in [4.78, 5) is 9.04. The third-order valence-corrected chi connectivity index (χ3v) is 5.96. The first-order valence-electron chi connectivity index (χ1n) is 8.32. The van der Waals surface area contributed by atoms with Gasteiger partial charge in [0, 0.05) is 10.6 Å². The summed E-state index contributed by atoms with van der Waals surface area (Å²) in [6.45, 7) is 0. The Kier molecular flexibility index (Phi) is 4.64. The number of hydrogen-bond acceptors (Lipinski definition) is 4. The van der Waals surface area contributed by atoms with Crippen molar-refractivity contribution in [1.29, 1.82) is 0 Å². The van der Waals surface area contributed by atoms with E-state index in [0.717, 1.165) is 0 Å². The lowest BCUT2D eigenvalue weighted by atomic mass is 10.1. The van der Waals surface area contributed by atoms with Crippen LogP contribution in [0.5, 0.6) is 0 Å². The van der Waals surface area contributed by atoms with Crippen molar-refractivity contribution in [3.63, 3.8) is 0 Å². The molecule has 3 aromatic carbocycles. The van der Waals surface area contributed by atoms with Crippen molar-refractivity contribution >= 4 is 32.5 Å². The number of fused-ring (bicyclic) bond motifs is 1. The molecule has 0 atom stereocenters. The van der Waals surface area contributed by atoms with Crippen molar-refractivity contribution in [3.8, 4) is 11.3 Å². The molecule has 6 heteroatoms. The molecule has 0 aliphatic carbocycles. The topological polar surface area (TPSA) is 59.9 Å². The van der Waals surface area contributed by atoms with Gasteiger partial charge in [0.25, 0.3) is 0 Å². The van der Waals surface area contributed by atoms with E-state index < -0.39 is 9.84 Å². The van der Waals surface area contributed by atoms with E-state index in [1.807, 2.05) is 48.5 Å². The van der Waals surface area contributed by atoms with Crippen LogP contribution in [0, 0.1) is 0 Å². The average molecular weight is 395 g/mol. The zero-order valence-corrected chi connectivity index (χ0v) is 15.8. The van der Waals surface area contributed by atoms with Gasteiger partial charge in [0.2, 0.25) is 9.84 Å². The number of aromatic nitrogens is 2. The molecule has 0 aliphatic heterocycles. The van der Waals surface area contributed by atoms with Crippen LogP contribution < -0.4 is 0 Å². The maximum atomic E-state index is 13.2. The van der Waals surface area contributed by atoms with Gasteiger partial charge in [-0.15, -0.1) is 0 Å². The van der Waals surface area contributed by atoms with E-state index in [0.29, 0.717) is 32.9 Å². The number of benzene rings is 3. The number of rotatable bonds is 4. The molecule has 4 aromatic rings. The highest BCUT2D eigenvalue weighted by Crippen LogP contribution is 2.29. The van der Waals surface area contributed by atoms with E-state index in [-0.39, 0.29) is 10.8 Å². The van der Waals surface area contributed by atoms with E-state index >= 15 is 0 Å². The third kappa shape index (κ3) is 3.70. The summed E-state index contributed by atoms with van der Waals surface area (Å²) in [5.74, 6) is -0.137. The van der Waals surface area contributed by atoms with Gasteiger partial charge in [-0.05, 0) is 23.8 Å². The highest BCUT2D eigenvalue weighted by molar-refractivity contribution is 7.90. The Bertz CT molecular complexity index is 1210. The first-order chi connectivity index (χ1) is 13.0. The van der Waals surface area contributed by atoms with Crippen LogP contribution >= 0.6 is 11.6 Å². The van der Waals surface area contributed by atoms with Crippen LogP contribution in [0.2, 0.25) is 5.02 Å². The molecular weight excluding hydrogens is 380 g/mol. The van der Waals surface area contributed by atoms with Gasteiger partial charge in [0.1, 0.15) is 5.69 Å². The Morgan fingerprint density at radius 1 is 0.778 bits per heavy atom. The summed E-state index contributed by atoms with van der Waals surface area (Å²) in [6.07, 6.45) is 0. The van der Waals surface area contributed by atoms with Crippen molar-refractivity contribution in [2.45, 2.75) is 10.8 Å². The van der Waals surface area contributed by atoms with Gasteiger partial charge < -0.3 is 0 Å². The molecule has 1 heterocycles. The van der Waals surface area contributed by atoms with Gasteiger partial charge in [-0.2, -0.15) is 0 Å². The van der Waals surface area contributed by atoms with Gasteiger partial charge >= 0.3 is 0 Å². The minimum Gasteiger partial charge on any atom is -0.243 e. The number of sulfone groups is 1. The average Bonchev–Trinajstić information content (AvgIpc) is 2.68. The molecule has 0 fully saturated rings. The molecule has 0 saturated carbocycles. The smallest absolute Gasteiger partial charge is 0.201 e. The first-order valence-corrected chi connectivity index (χ1v) is 10.4. The molecule has 1 aromatic heterocycles. The summed E-state index contributed by atoms with van der Waals surface area (Å²) in [5.41, 5.74) is 2.78. The summed E-state index contributed by atoms with van der Waals surface area (Å²) in [7, 11) is -3.70. The maximum absolute atomic E-state index is 13.2. The zero-order valence-electron chi connectivity index (χ0n) is 14.2. The van der Waals surface area contributed by atoms with Crippen LogP contribution in [-0.4, -0.2) is 18.4 Å². The predicted molar refractivity (Wildman–Crippen MR) is 107 cm³/mol. The van der Waals surface area contributed by atoms with Crippen LogP contribution in [0.4, 0.5) is 0 Å². The monoisotopic (exact) mass is 394 g/mol. The van der Waals surface area contributed by atoms with Gasteiger partial charge in [-0.1, -0.05) is 72.3 Å².